The van der Waals surface area contributed by atoms with Crippen molar-refractivity contribution in [2.45, 2.75) is 0 Å². The van der Waals surface area contributed by atoms with E-state index in [0.29, 0.717) is 3.57 Å². The van der Waals surface area contributed by atoms with Crippen LogP contribution in [-0.2, 0) is 0 Å². The number of rotatable bonds is 0. The molecular weight excluding hydrogens is 231 g/mol. The van der Waals surface area contributed by atoms with Crippen LogP contribution >= 0.6 is 22.6 Å². The Hall–Kier alpha value is -0.450. The first-order valence-corrected chi connectivity index (χ1v) is 3.45. The zero-order valence-corrected chi connectivity index (χ0v) is 6.66. The molecule has 0 aliphatic heterocycles. The molecule has 0 saturated heterocycles. The summed E-state index contributed by atoms with van der Waals surface area (Å²) in [6, 6.07) is 4.39. The number of phenolic OH excluding ortho intramolecular Hbond substituents is 2. The predicted molar refractivity (Wildman–Crippen MR) is 42.5 cm³/mol. The minimum atomic E-state index is 0.178. The van der Waals surface area contributed by atoms with Crippen molar-refractivity contribution in [2.75, 3.05) is 0 Å². The van der Waals surface area contributed by atoms with E-state index < -0.39 is 0 Å². The molecule has 0 atom stereocenters. The Bertz CT molecular complexity index is 222. The Morgan fingerprint density at radius 2 is 1.89 bits per heavy atom. The van der Waals surface area contributed by atoms with Gasteiger partial charge in [0, 0.05) is 0 Å². The lowest BCUT2D eigenvalue weighted by molar-refractivity contribution is 0.457. The van der Waals surface area contributed by atoms with E-state index in [4.69, 9.17) is 10.2 Å². The molecular formula is C6H5IO2. The van der Waals surface area contributed by atoms with Crippen molar-refractivity contribution in [2.24, 2.45) is 0 Å². The molecule has 2 N–H and O–H groups in total. The summed E-state index contributed by atoms with van der Waals surface area (Å²) in [5, 5.41) is 17.7. The normalized spacial score (nSPS) is 9.44. The molecule has 0 heterocycles. The van der Waals surface area contributed by atoms with Gasteiger partial charge in [-0.2, -0.15) is 0 Å². The fraction of sp³-hybridized carbons (Fsp3) is 0. The topological polar surface area (TPSA) is 40.5 Å². The zero-order chi connectivity index (χ0) is 6.85. The smallest absolute Gasteiger partial charge is 0.129 e. The Kier molecular flexibility index (Phi) is 1.80. The Morgan fingerprint density at radius 3 is 2.33 bits per heavy atom. The molecule has 0 aromatic heterocycles. The highest BCUT2D eigenvalue weighted by Crippen LogP contribution is 2.22. The van der Waals surface area contributed by atoms with Crippen LogP contribution in [0.5, 0.6) is 11.5 Å². The number of aromatic hydroxyl groups is 2. The lowest BCUT2D eigenvalue weighted by atomic mass is 10.3. The lowest BCUT2D eigenvalue weighted by Gasteiger charge is -1.94. The summed E-state index contributed by atoms with van der Waals surface area (Å²) in [5.74, 6) is 0.380. The van der Waals surface area contributed by atoms with Gasteiger partial charge in [-0.3, -0.25) is 0 Å². The van der Waals surface area contributed by atoms with Gasteiger partial charge in [0.15, 0.2) is 0 Å². The van der Waals surface area contributed by atoms with E-state index >= 15 is 0 Å². The Labute approximate surface area is 66.3 Å². The van der Waals surface area contributed by atoms with Gasteiger partial charge in [-0.1, -0.05) is 0 Å². The molecule has 0 bridgehead atoms. The highest BCUT2D eigenvalue weighted by Gasteiger charge is 1.95. The van der Waals surface area contributed by atoms with Gasteiger partial charge in [0.05, 0.1) is 3.57 Å². The number of benzene rings is 1. The lowest BCUT2D eigenvalue weighted by Crippen LogP contribution is -1.70. The summed E-state index contributed by atoms with van der Waals surface area (Å²) >= 11 is 1.94. The highest BCUT2D eigenvalue weighted by molar-refractivity contribution is 14.1. The maximum Gasteiger partial charge on any atom is 0.129 e. The van der Waals surface area contributed by atoms with Gasteiger partial charge < -0.3 is 10.2 Å². The number of hydrogen-bond donors (Lipinski definition) is 2. The standard InChI is InChI=1S/C6H5IO2/c7-5-3-4(8)1-2-6(5)9/h1-3,8-9H. The van der Waals surface area contributed by atoms with Crippen LogP contribution in [0, 0.1) is 3.57 Å². The summed E-state index contributed by atoms with van der Waals surface area (Å²) in [6.07, 6.45) is 0. The van der Waals surface area contributed by atoms with Crippen LogP contribution in [-0.4, -0.2) is 10.2 Å². The maximum absolute atomic E-state index is 8.93. The van der Waals surface area contributed by atoms with Gasteiger partial charge >= 0.3 is 0 Å². The third-order valence-corrected chi connectivity index (χ3v) is 1.80. The average molecular weight is 236 g/mol. The molecule has 0 amide bonds. The van der Waals surface area contributed by atoms with Gasteiger partial charge in [0.25, 0.3) is 0 Å². The van der Waals surface area contributed by atoms with Gasteiger partial charge in [-0.15, -0.1) is 0 Å². The van der Waals surface area contributed by atoms with E-state index in [-0.39, 0.29) is 11.5 Å². The first kappa shape index (κ1) is 6.67. The van der Waals surface area contributed by atoms with Crippen molar-refractivity contribution in [3.8, 4) is 11.5 Å². The third kappa shape index (κ3) is 1.48. The molecule has 1 rings (SSSR count). The number of phenols is 2. The maximum atomic E-state index is 8.93. The molecule has 0 unspecified atom stereocenters. The molecule has 0 saturated carbocycles. The number of hydrogen-bond acceptors (Lipinski definition) is 2. The average Bonchev–Trinajstić information content (AvgIpc) is 1.80. The summed E-state index contributed by atoms with van der Waals surface area (Å²) in [5.41, 5.74) is 0. The van der Waals surface area contributed by atoms with Gasteiger partial charge in [0.1, 0.15) is 11.5 Å². The highest BCUT2D eigenvalue weighted by atomic mass is 127. The minimum Gasteiger partial charge on any atom is -0.508 e. The summed E-state index contributed by atoms with van der Waals surface area (Å²) < 4.78 is 0.660. The molecule has 1 aromatic carbocycles. The predicted octanol–water partition coefficient (Wildman–Crippen LogP) is 1.70. The first-order chi connectivity index (χ1) is 4.20. The third-order valence-electron chi connectivity index (χ3n) is 0.931. The Balaban J connectivity index is 3.17. The summed E-state index contributed by atoms with van der Waals surface area (Å²) in [7, 11) is 0. The second kappa shape index (κ2) is 2.43. The molecule has 0 radical (unpaired) electrons. The Morgan fingerprint density at radius 1 is 1.22 bits per heavy atom. The van der Waals surface area contributed by atoms with Crippen molar-refractivity contribution < 1.29 is 10.2 Å². The van der Waals surface area contributed by atoms with E-state index in [1.165, 1.54) is 18.2 Å². The van der Waals surface area contributed by atoms with E-state index in [9.17, 15) is 0 Å². The molecule has 48 valence electrons. The monoisotopic (exact) mass is 236 g/mol. The molecule has 3 heteroatoms. The summed E-state index contributed by atoms with van der Waals surface area (Å²) in [6.45, 7) is 0. The second-order valence-electron chi connectivity index (χ2n) is 1.64. The second-order valence-corrected chi connectivity index (χ2v) is 2.80. The van der Waals surface area contributed by atoms with E-state index in [0.717, 1.165) is 0 Å². The zero-order valence-electron chi connectivity index (χ0n) is 4.50. The molecule has 0 aliphatic rings. The van der Waals surface area contributed by atoms with Crippen LogP contribution < -0.4 is 0 Å². The molecule has 0 fully saturated rings. The van der Waals surface area contributed by atoms with E-state index in [2.05, 4.69) is 0 Å². The van der Waals surface area contributed by atoms with Gasteiger partial charge in [-0.25, -0.2) is 0 Å². The fourth-order valence-corrected chi connectivity index (χ4v) is 0.995. The molecule has 1 aromatic rings. The largest absolute Gasteiger partial charge is 0.508 e. The van der Waals surface area contributed by atoms with Crippen LogP contribution in [0.25, 0.3) is 0 Å². The van der Waals surface area contributed by atoms with E-state index in [1.54, 1.807) is 0 Å². The summed E-state index contributed by atoms with van der Waals surface area (Å²) in [4.78, 5) is 0. The van der Waals surface area contributed by atoms with Crippen molar-refractivity contribution in [1.82, 2.24) is 0 Å². The van der Waals surface area contributed by atoms with Gasteiger partial charge in [0.2, 0.25) is 0 Å². The van der Waals surface area contributed by atoms with Crippen LogP contribution in [0.2, 0.25) is 0 Å². The van der Waals surface area contributed by atoms with Gasteiger partial charge in [-0.05, 0) is 40.8 Å². The molecule has 2 nitrogen and oxygen atoms in total. The number of halogens is 1. The fourth-order valence-electron chi connectivity index (χ4n) is 0.496. The van der Waals surface area contributed by atoms with Crippen molar-refractivity contribution in [3.05, 3.63) is 21.8 Å². The van der Waals surface area contributed by atoms with Crippen molar-refractivity contribution >= 4 is 22.6 Å². The SMILES string of the molecule is Oc1ccc(O)c(I)c1. The van der Waals surface area contributed by atoms with Crippen molar-refractivity contribution in [1.29, 1.82) is 0 Å². The molecule has 0 aliphatic carbocycles. The quantitative estimate of drug-likeness (QED) is 0.531. The van der Waals surface area contributed by atoms with Crippen LogP contribution in [0.15, 0.2) is 18.2 Å². The molecule has 9 heavy (non-hydrogen) atoms. The van der Waals surface area contributed by atoms with Crippen molar-refractivity contribution in [3.63, 3.8) is 0 Å². The van der Waals surface area contributed by atoms with Crippen LogP contribution in [0.1, 0.15) is 0 Å². The van der Waals surface area contributed by atoms with Crippen LogP contribution in [0.4, 0.5) is 0 Å². The van der Waals surface area contributed by atoms with Crippen LogP contribution in [0.3, 0.4) is 0 Å². The molecule has 0 spiro atoms. The minimum absolute atomic E-state index is 0.178. The van der Waals surface area contributed by atoms with E-state index in [1.807, 2.05) is 22.6 Å². The first-order valence-electron chi connectivity index (χ1n) is 2.37.